The molecule has 1 aromatic carbocycles. The number of halogens is 1. The predicted molar refractivity (Wildman–Crippen MR) is 86.6 cm³/mol. The van der Waals surface area contributed by atoms with Crippen molar-refractivity contribution in [3.63, 3.8) is 0 Å². The zero-order valence-corrected chi connectivity index (χ0v) is 13.9. The van der Waals surface area contributed by atoms with Crippen LogP contribution in [0.1, 0.15) is 36.7 Å². The molecular formula is C16H22BrN3. The number of nitrogens with two attached hydrogens (primary N) is 1. The smallest absolute Gasteiger partial charge is 0.0738 e. The van der Waals surface area contributed by atoms with E-state index in [9.17, 15) is 0 Å². The Morgan fingerprint density at radius 3 is 2.45 bits per heavy atom. The molecule has 1 heterocycles. The number of benzene rings is 1. The highest BCUT2D eigenvalue weighted by Gasteiger charge is 2.29. The average Bonchev–Trinajstić information content (AvgIpc) is 2.67. The normalized spacial score (nSPS) is 14.2. The molecule has 0 saturated heterocycles. The van der Waals surface area contributed by atoms with Crippen molar-refractivity contribution in [1.82, 2.24) is 9.78 Å². The molecule has 0 aliphatic heterocycles. The highest BCUT2D eigenvalue weighted by molar-refractivity contribution is 9.10. The molecule has 0 radical (unpaired) electrons. The van der Waals surface area contributed by atoms with Gasteiger partial charge in [0.2, 0.25) is 0 Å². The molecule has 3 nitrogen and oxygen atoms in total. The summed E-state index contributed by atoms with van der Waals surface area (Å²) < 4.78 is 3.00. The molecule has 0 aliphatic carbocycles. The summed E-state index contributed by atoms with van der Waals surface area (Å²) in [6.07, 6.45) is 2.79. The van der Waals surface area contributed by atoms with Crippen LogP contribution in [0.2, 0.25) is 0 Å². The van der Waals surface area contributed by atoms with Crippen LogP contribution in [0.25, 0.3) is 0 Å². The summed E-state index contributed by atoms with van der Waals surface area (Å²) in [5, 5.41) is 4.46. The molecular weight excluding hydrogens is 314 g/mol. The Bertz CT molecular complexity index is 577. The Kier molecular flexibility index (Phi) is 4.66. The molecule has 4 heteroatoms. The molecule has 108 valence electrons. The maximum Gasteiger partial charge on any atom is 0.0738 e. The maximum absolute atomic E-state index is 6.75. The molecule has 1 unspecified atom stereocenters. The Morgan fingerprint density at radius 1 is 1.30 bits per heavy atom. The van der Waals surface area contributed by atoms with Gasteiger partial charge in [0.1, 0.15) is 0 Å². The van der Waals surface area contributed by atoms with E-state index >= 15 is 0 Å². The number of nitrogens with zero attached hydrogens (tertiary/aromatic N) is 2. The van der Waals surface area contributed by atoms with Crippen LogP contribution in [0.15, 0.2) is 34.8 Å². The second-order valence-corrected chi connectivity index (χ2v) is 6.21. The topological polar surface area (TPSA) is 43.8 Å². The van der Waals surface area contributed by atoms with Gasteiger partial charge in [0.15, 0.2) is 0 Å². The number of hydrogen-bond acceptors (Lipinski definition) is 2. The first-order valence-electron chi connectivity index (χ1n) is 7.00. The van der Waals surface area contributed by atoms with Crippen LogP contribution >= 0.6 is 15.9 Å². The molecule has 0 bridgehead atoms. The van der Waals surface area contributed by atoms with Crippen LogP contribution in [0.5, 0.6) is 0 Å². The summed E-state index contributed by atoms with van der Waals surface area (Å²) >= 11 is 3.64. The van der Waals surface area contributed by atoms with Gasteiger partial charge in [-0.1, -0.05) is 43.7 Å². The summed E-state index contributed by atoms with van der Waals surface area (Å²) in [5.74, 6) is 0. The third-order valence-electron chi connectivity index (χ3n) is 3.79. The molecule has 0 aliphatic rings. The van der Waals surface area contributed by atoms with E-state index in [0.717, 1.165) is 35.1 Å². The summed E-state index contributed by atoms with van der Waals surface area (Å²) in [5.41, 5.74) is 9.75. The first kappa shape index (κ1) is 15.3. The van der Waals surface area contributed by atoms with Gasteiger partial charge in [-0.3, -0.25) is 4.68 Å². The molecule has 2 aromatic rings. The lowest BCUT2D eigenvalue weighted by molar-refractivity contribution is 0.389. The van der Waals surface area contributed by atoms with Crippen LogP contribution in [0.3, 0.4) is 0 Å². The molecule has 2 rings (SSSR count). The quantitative estimate of drug-likeness (QED) is 0.905. The molecule has 0 saturated carbocycles. The van der Waals surface area contributed by atoms with Crippen LogP contribution in [-0.2, 0) is 19.0 Å². The van der Waals surface area contributed by atoms with Gasteiger partial charge >= 0.3 is 0 Å². The van der Waals surface area contributed by atoms with Crippen LogP contribution < -0.4 is 5.73 Å². The van der Waals surface area contributed by atoms with Crippen molar-refractivity contribution in [2.45, 2.75) is 38.6 Å². The minimum absolute atomic E-state index is 0.348. The Morgan fingerprint density at radius 2 is 1.95 bits per heavy atom. The van der Waals surface area contributed by atoms with Crippen LogP contribution in [-0.4, -0.2) is 9.78 Å². The fourth-order valence-corrected chi connectivity index (χ4v) is 3.20. The largest absolute Gasteiger partial charge is 0.321 e. The minimum Gasteiger partial charge on any atom is -0.321 e. The van der Waals surface area contributed by atoms with Crippen molar-refractivity contribution in [2.24, 2.45) is 12.8 Å². The van der Waals surface area contributed by atoms with Crippen molar-refractivity contribution in [2.75, 3.05) is 0 Å². The predicted octanol–water partition coefficient (Wildman–Crippen LogP) is 3.69. The molecule has 0 spiro atoms. The lowest BCUT2D eigenvalue weighted by atomic mass is 9.82. The summed E-state index contributed by atoms with van der Waals surface area (Å²) in [4.78, 5) is 0. The van der Waals surface area contributed by atoms with E-state index in [1.54, 1.807) is 0 Å². The van der Waals surface area contributed by atoms with Crippen molar-refractivity contribution < 1.29 is 0 Å². The SMILES string of the molecule is CCCC(N)(Cc1c(Br)c(C)nn1C)c1ccccc1. The summed E-state index contributed by atoms with van der Waals surface area (Å²) in [7, 11) is 1.98. The Labute approximate surface area is 129 Å². The van der Waals surface area contributed by atoms with Gasteiger partial charge in [-0.05, 0) is 34.8 Å². The highest BCUT2D eigenvalue weighted by Crippen LogP contribution is 2.31. The van der Waals surface area contributed by atoms with Gasteiger partial charge in [-0.15, -0.1) is 0 Å². The molecule has 0 fully saturated rings. The second-order valence-electron chi connectivity index (χ2n) is 5.42. The van der Waals surface area contributed by atoms with E-state index in [-0.39, 0.29) is 5.54 Å². The van der Waals surface area contributed by atoms with E-state index in [2.05, 4.69) is 52.2 Å². The zero-order valence-electron chi connectivity index (χ0n) is 12.4. The minimum atomic E-state index is -0.348. The van der Waals surface area contributed by atoms with E-state index in [0.29, 0.717) is 0 Å². The van der Waals surface area contributed by atoms with Crippen LogP contribution in [0.4, 0.5) is 0 Å². The van der Waals surface area contributed by atoms with Gasteiger partial charge in [-0.2, -0.15) is 5.10 Å². The Hall–Kier alpha value is -1.13. The molecule has 0 amide bonds. The van der Waals surface area contributed by atoms with Crippen molar-refractivity contribution in [3.8, 4) is 0 Å². The number of hydrogen-bond donors (Lipinski definition) is 1. The third kappa shape index (κ3) is 2.96. The van der Waals surface area contributed by atoms with Gasteiger partial charge in [0.25, 0.3) is 0 Å². The van der Waals surface area contributed by atoms with E-state index in [1.165, 1.54) is 5.56 Å². The van der Waals surface area contributed by atoms with E-state index in [1.807, 2.05) is 24.7 Å². The van der Waals surface area contributed by atoms with Crippen molar-refractivity contribution in [1.29, 1.82) is 0 Å². The lowest BCUT2D eigenvalue weighted by Crippen LogP contribution is -2.39. The highest BCUT2D eigenvalue weighted by atomic mass is 79.9. The van der Waals surface area contributed by atoms with E-state index < -0.39 is 0 Å². The number of rotatable bonds is 5. The molecule has 20 heavy (non-hydrogen) atoms. The third-order valence-corrected chi connectivity index (χ3v) is 4.82. The fourth-order valence-electron chi connectivity index (χ4n) is 2.72. The van der Waals surface area contributed by atoms with Gasteiger partial charge in [-0.25, -0.2) is 0 Å². The summed E-state index contributed by atoms with van der Waals surface area (Å²) in [6, 6.07) is 10.4. The number of aryl methyl sites for hydroxylation is 2. The maximum atomic E-state index is 6.75. The van der Waals surface area contributed by atoms with Gasteiger partial charge in [0, 0.05) is 19.0 Å². The van der Waals surface area contributed by atoms with E-state index in [4.69, 9.17) is 5.73 Å². The zero-order chi connectivity index (χ0) is 14.8. The van der Waals surface area contributed by atoms with Gasteiger partial charge in [0.05, 0.1) is 15.9 Å². The first-order valence-corrected chi connectivity index (χ1v) is 7.79. The Balaban J connectivity index is 2.39. The second kappa shape index (κ2) is 6.10. The monoisotopic (exact) mass is 335 g/mol. The molecule has 1 atom stereocenters. The molecule has 1 aromatic heterocycles. The fraction of sp³-hybridized carbons (Fsp3) is 0.438. The summed E-state index contributed by atoms with van der Waals surface area (Å²) in [6.45, 7) is 4.18. The van der Waals surface area contributed by atoms with Crippen molar-refractivity contribution >= 4 is 15.9 Å². The lowest BCUT2D eigenvalue weighted by Gasteiger charge is -2.30. The first-order chi connectivity index (χ1) is 9.48. The average molecular weight is 336 g/mol. The van der Waals surface area contributed by atoms with Gasteiger partial charge < -0.3 is 5.73 Å². The number of aromatic nitrogens is 2. The van der Waals surface area contributed by atoms with Crippen molar-refractivity contribution in [3.05, 3.63) is 51.8 Å². The standard InChI is InChI=1S/C16H22BrN3/c1-4-10-16(18,13-8-6-5-7-9-13)11-14-15(17)12(2)19-20(14)3/h5-9H,4,10-11,18H2,1-3H3. The van der Waals surface area contributed by atoms with Crippen LogP contribution in [0, 0.1) is 6.92 Å². The molecule has 2 N–H and O–H groups in total.